The first kappa shape index (κ1) is 15.1. The number of fused-ring (bicyclic) bond motifs is 3. The largest absolute Gasteiger partial charge is 0.295 e. The summed E-state index contributed by atoms with van der Waals surface area (Å²) in [5.74, 6) is 0.797. The van der Waals surface area contributed by atoms with Crippen molar-refractivity contribution in [1.29, 1.82) is 0 Å². The molecule has 3 heterocycles. The van der Waals surface area contributed by atoms with Crippen LogP contribution in [0.3, 0.4) is 0 Å². The van der Waals surface area contributed by atoms with E-state index >= 15 is 0 Å². The van der Waals surface area contributed by atoms with Crippen molar-refractivity contribution in [3.63, 3.8) is 0 Å². The van der Waals surface area contributed by atoms with Gasteiger partial charge < -0.3 is 0 Å². The highest BCUT2D eigenvalue weighted by Gasteiger charge is 2.31. The molecule has 1 aromatic heterocycles. The number of piperidine rings is 1. The number of benzene rings is 2. The van der Waals surface area contributed by atoms with Gasteiger partial charge in [0.1, 0.15) is 0 Å². The third-order valence-corrected chi connectivity index (χ3v) is 6.11. The molecule has 2 aliphatic heterocycles. The molecular formula is C23H24N2. The minimum Gasteiger partial charge on any atom is -0.295 e. The lowest BCUT2D eigenvalue weighted by atomic mass is 9.80. The summed E-state index contributed by atoms with van der Waals surface area (Å²) in [6.07, 6.45) is 7.05. The average Bonchev–Trinajstić information content (AvgIpc) is 2.63. The molecule has 3 aromatic rings. The normalized spacial score (nSPS) is 23.2. The van der Waals surface area contributed by atoms with E-state index in [0.717, 1.165) is 18.0 Å². The molecule has 2 aromatic carbocycles. The highest BCUT2D eigenvalue weighted by molar-refractivity contribution is 5.81. The molecule has 2 heteroatoms. The number of pyridine rings is 1. The lowest BCUT2D eigenvalue weighted by Crippen LogP contribution is -2.46. The van der Waals surface area contributed by atoms with Crippen LogP contribution >= 0.6 is 0 Å². The van der Waals surface area contributed by atoms with E-state index in [9.17, 15) is 0 Å². The third-order valence-electron chi connectivity index (χ3n) is 6.11. The van der Waals surface area contributed by atoms with Gasteiger partial charge in [-0.1, -0.05) is 42.5 Å². The Labute approximate surface area is 149 Å². The standard InChI is InChI=1S/C23H24N2/c1-2-6-19-14-21-11-10-17(13-18(19)5-1)15-25(21)16-20-7-3-9-23-22(20)8-4-12-24-23/h1-9,12,17,21H,10-11,13-16H2/t17-,21-/m1/s1. The Bertz CT molecular complexity index is 896. The maximum absolute atomic E-state index is 4.53. The molecule has 2 nitrogen and oxygen atoms in total. The van der Waals surface area contributed by atoms with Gasteiger partial charge in [-0.25, -0.2) is 0 Å². The summed E-state index contributed by atoms with van der Waals surface area (Å²) >= 11 is 0. The fourth-order valence-electron chi connectivity index (χ4n) is 4.82. The Balaban J connectivity index is 1.47. The molecule has 1 aliphatic carbocycles. The van der Waals surface area contributed by atoms with E-state index < -0.39 is 0 Å². The number of nitrogens with zero attached hydrogens (tertiary/aromatic N) is 2. The van der Waals surface area contributed by atoms with Gasteiger partial charge in [-0.15, -0.1) is 0 Å². The average molecular weight is 328 g/mol. The van der Waals surface area contributed by atoms with Crippen LogP contribution < -0.4 is 0 Å². The molecule has 2 atom stereocenters. The van der Waals surface area contributed by atoms with Crippen LogP contribution in [0.15, 0.2) is 60.8 Å². The Hall–Kier alpha value is -2.19. The van der Waals surface area contributed by atoms with Crippen molar-refractivity contribution in [1.82, 2.24) is 9.88 Å². The second-order valence-corrected chi connectivity index (χ2v) is 7.69. The monoisotopic (exact) mass is 328 g/mol. The summed E-state index contributed by atoms with van der Waals surface area (Å²) < 4.78 is 0. The quantitative estimate of drug-likeness (QED) is 0.683. The number of aromatic nitrogens is 1. The van der Waals surface area contributed by atoms with Gasteiger partial charge >= 0.3 is 0 Å². The topological polar surface area (TPSA) is 16.1 Å². The van der Waals surface area contributed by atoms with Crippen LogP contribution in [-0.2, 0) is 19.4 Å². The molecular weight excluding hydrogens is 304 g/mol. The first-order valence-corrected chi connectivity index (χ1v) is 9.50. The van der Waals surface area contributed by atoms with Crippen LogP contribution in [0.25, 0.3) is 10.9 Å². The van der Waals surface area contributed by atoms with Gasteiger partial charge in [0.15, 0.2) is 0 Å². The number of hydrogen-bond donors (Lipinski definition) is 0. The lowest BCUT2D eigenvalue weighted by molar-refractivity contribution is 0.0942. The fourth-order valence-corrected chi connectivity index (χ4v) is 4.82. The molecule has 3 aliphatic rings. The third kappa shape index (κ3) is 2.85. The number of hydrogen-bond acceptors (Lipinski definition) is 2. The van der Waals surface area contributed by atoms with Crippen LogP contribution in [0.1, 0.15) is 29.5 Å². The summed E-state index contributed by atoms with van der Waals surface area (Å²) in [5, 5.41) is 1.31. The zero-order valence-corrected chi connectivity index (χ0v) is 14.6. The van der Waals surface area contributed by atoms with Crippen molar-refractivity contribution >= 4 is 10.9 Å². The summed E-state index contributed by atoms with van der Waals surface area (Å²) in [7, 11) is 0. The van der Waals surface area contributed by atoms with Crippen molar-refractivity contribution in [3.05, 3.63) is 77.5 Å². The fraction of sp³-hybridized carbons (Fsp3) is 0.348. The first-order chi connectivity index (χ1) is 12.4. The molecule has 2 bridgehead atoms. The number of rotatable bonds is 2. The molecule has 0 radical (unpaired) electrons. The molecule has 0 amide bonds. The Morgan fingerprint density at radius 1 is 0.880 bits per heavy atom. The molecule has 126 valence electrons. The van der Waals surface area contributed by atoms with Crippen LogP contribution in [-0.4, -0.2) is 22.5 Å². The van der Waals surface area contributed by atoms with Crippen molar-refractivity contribution in [2.45, 2.75) is 38.3 Å². The molecule has 6 rings (SSSR count). The smallest absolute Gasteiger partial charge is 0.0705 e. The zero-order chi connectivity index (χ0) is 16.6. The van der Waals surface area contributed by atoms with E-state index in [4.69, 9.17) is 0 Å². The second kappa shape index (κ2) is 6.27. The zero-order valence-electron chi connectivity index (χ0n) is 14.6. The van der Waals surface area contributed by atoms with Gasteiger partial charge in [-0.2, -0.15) is 0 Å². The van der Waals surface area contributed by atoms with Crippen molar-refractivity contribution < 1.29 is 0 Å². The van der Waals surface area contributed by atoms with Gasteiger partial charge in [0, 0.05) is 30.7 Å². The summed E-state index contributed by atoms with van der Waals surface area (Å²) in [4.78, 5) is 7.27. The van der Waals surface area contributed by atoms with E-state index in [1.807, 2.05) is 6.20 Å². The van der Waals surface area contributed by atoms with Gasteiger partial charge in [0.05, 0.1) is 5.52 Å². The van der Waals surface area contributed by atoms with Gasteiger partial charge in [-0.3, -0.25) is 9.88 Å². The summed E-state index contributed by atoms with van der Waals surface area (Å²) in [5.41, 5.74) is 5.69. The minimum atomic E-state index is 0.671. The molecule has 0 spiro atoms. The van der Waals surface area contributed by atoms with Crippen LogP contribution in [0.5, 0.6) is 0 Å². The molecule has 0 unspecified atom stereocenters. The first-order valence-electron chi connectivity index (χ1n) is 9.50. The molecule has 0 N–H and O–H groups in total. The van der Waals surface area contributed by atoms with Crippen LogP contribution in [0.4, 0.5) is 0 Å². The van der Waals surface area contributed by atoms with Crippen molar-refractivity contribution in [2.24, 2.45) is 5.92 Å². The second-order valence-electron chi connectivity index (χ2n) is 7.69. The maximum atomic E-state index is 4.53. The van der Waals surface area contributed by atoms with E-state index in [2.05, 4.69) is 64.5 Å². The summed E-state index contributed by atoms with van der Waals surface area (Å²) in [6, 6.07) is 20.6. The lowest BCUT2D eigenvalue weighted by Gasteiger charge is -2.42. The van der Waals surface area contributed by atoms with Gasteiger partial charge in [-0.05, 0) is 60.4 Å². The van der Waals surface area contributed by atoms with Crippen LogP contribution in [0.2, 0.25) is 0 Å². The minimum absolute atomic E-state index is 0.671. The molecule has 25 heavy (non-hydrogen) atoms. The molecule has 1 saturated heterocycles. The Morgan fingerprint density at radius 2 is 1.76 bits per heavy atom. The predicted octanol–water partition coefficient (Wildman–Crippen LogP) is 4.61. The highest BCUT2D eigenvalue weighted by atomic mass is 15.2. The Morgan fingerprint density at radius 3 is 2.68 bits per heavy atom. The van der Waals surface area contributed by atoms with Crippen molar-refractivity contribution in [2.75, 3.05) is 6.54 Å². The van der Waals surface area contributed by atoms with Gasteiger partial charge in [0.25, 0.3) is 0 Å². The van der Waals surface area contributed by atoms with E-state index in [-0.39, 0.29) is 0 Å². The van der Waals surface area contributed by atoms with E-state index in [0.29, 0.717) is 6.04 Å². The highest BCUT2D eigenvalue weighted by Crippen LogP contribution is 2.33. The summed E-state index contributed by atoms with van der Waals surface area (Å²) in [6.45, 7) is 2.28. The van der Waals surface area contributed by atoms with E-state index in [1.165, 1.54) is 43.2 Å². The SMILES string of the molecule is c1ccc2c(c1)C[C@H]1CC[C@H](C2)N(Cc2cccc3ncccc23)C1. The Kier molecular flexibility index (Phi) is 3.79. The molecule has 1 fully saturated rings. The van der Waals surface area contributed by atoms with Gasteiger partial charge in [0.2, 0.25) is 0 Å². The van der Waals surface area contributed by atoms with Crippen molar-refractivity contribution in [3.8, 4) is 0 Å². The maximum Gasteiger partial charge on any atom is 0.0705 e. The molecule has 0 saturated carbocycles. The van der Waals surface area contributed by atoms with E-state index in [1.54, 1.807) is 11.1 Å². The van der Waals surface area contributed by atoms with Crippen LogP contribution in [0, 0.1) is 5.92 Å². The predicted molar refractivity (Wildman–Crippen MR) is 103 cm³/mol.